The van der Waals surface area contributed by atoms with Crippen molar-refractivity contribution in [1.29, 1.82) is 0 Å². The van der Waals surface area contributed by atoms with Crippen molar-refractivity contribution >= 4 is 43.0 Å². The first-order valence-electron chi connectivity index (χ1n) is 6.16. The normalized spacial score (nSPS) is 16.2. The molecule has 0 bridgehead atoms. The number of ether oxygens (including phenoxy) is 2. The summed E-state index contributed by atoms with van der Waals surface area (Å²) in [6, 6.07) is 10.3. The predicted molar refractivity (Wildman–Crippen MR) is 83.9 cm³/mol. The Morgan fingerprint density at radius 2 is 1.95 bits per heavy atom. The van der Waals surface area contributed by atoms with Gasteiger partial charge in [-0.15, -0.1) is 11.3 Å². The quantitative estimate of drug-likeness (QED) is 0.870. The third-order valence-corrected chi connectivity index (χ3v) is 6.34. The molecule has 1 aromatic heterocycles. The van der Waals surface area contributed by atoms with Crippen molar-refractivity contribution < 1.29 is 17.9 Å². The van der Waals surface area contributed by atoms with Gasteiger partial charge in [0.1, 0.15) is 4.21 Å². The third kappa shape index (κ3) is 3.46. The zero-order valence-corrected chi connectivity index (χ0v) is 14.0. The largest absolute Gasteiger partial charge is 0.346 e. The Balaban J connectivity index is 1.83. The molecule has 2 aromatic rings. The number of halogens is 1. The van der Waals surface area contributed by atoms with Gasteiger partial charge in [-0.1, -0.05) is 12.1 Å². The van der Waals surface area contributed by atoms with Crippen LogP contribution >= 0.6 is 27.3 Å². The number of sulfonamides is 1. The van der Waals surface area contributed by atoms with Gasteiger partial charge in [0.05, 0.1) is 17.0 Å². The molecule has 5 nitrogen and oxygen atoms in total. The molecule has 1 N–H and O–H groups in total. The number of hydrogen-bond acceptors (Lipinski definition) is 5. The molecule has 0 saturated carbocycles. The summed E-state index contributed by atoms with van der Waals surface area (Å²) in [6.07, 6.45) is -0.426. The SMILES string of the molecule is O=S(=O)(Nc1cccc(C2OCCO2)c1)c1ccc(Br)s1. The summed E-state index contributed by atoms with van der Waals surface area (Å²) in [7, 11) is -3.58. The first kappa shape index (κ1) is 15.0. The van der Waals surface area contributed by atoms with E-state index in [4.69, 9.17) is 9.47 Å². The van der Waals surface area contributed by atoms with E-state index in [1.165, 1.54) is 0 Å². The van der Waals surface area contributed by atoms with Crippen LogP contribution in [0.5, 0.6) is 0 Å². The molecule has 1 aliphatic heterocycles. The van der Waals surface area contributed by atoms with E-state index >= 15 is 0 Å². The van der Waals surface area contributed by atoms with Crippen LogP contribution in [0.3, 0.4) is 0 Å². The Kier molecular flexibility index (Phi) is 4.32. The zero-order valence-electron chi connectivity index (χ0n) is 10.8. The van der Waals surface area contributed by atoms with E-state index in [0.717, 1.165) is 20.7 Å². The number of rotatable bonds is 4. The molecule has 21 heavy (non-hydrogen) atoms. The first-order valence-corrected chi connectivity index (χ1v) is 9.25. The molecule has 0 spiro atoms. The van der Waals surface area contributed by atoms with Crippen molar-refractivity contribution in [3.63, 3.8) is 0 Å². The smallest absolute Gasteiger partial charge is 0.271 e. The van der Waals surface area contributed by atoms with Gasteiger partial charge in [0, 0.05) is 11.3 Å². The van der Waals surface area contributed by atoms with Gasteiger partial charge in [-0.05, 0) is 40.2 Å². The molecule has 112 valence electrons. The number of anilines is 1. The van der Waals surface area contributed by atoms with Gasteiger partial charge >= 0.3 is 0 Å². The van der Waals surface area contributed by atoms with E-state index < -0.39 is 16.3 Å². The minimum atomic E-state index is -3.58. The maximum atomic E-state index is 12.3. The van der Waals surface area contributed by atoms with Crippen molar-refractivity contribution in [2.24, 2.45) is 0 Å². The standard InChI is InChI=1S/C13H12BrNO4S2/c14-11-4-5-12(20-11)21(16,17)15-10-3-1-2-9(8-10)13-18-6-7-19-13/h1-5,8,13,15H,6-7H2. The van der Waals surface area contributed by atoms with Crippen molar-refractivity contribution in [2.75, 3.05) is 17.9 Å². The van der Waals surface area contributed by atoms with E-state index in [-0.39, 0.29) is 4.21 Å². The molecule has 0 radical (unpaired) electrons. The summed E-state index contributed by atoms with van der Waals surface area (Å²) < 4.78 is 38.9. The second-order valence-electron chi connectivity index (χ2n) is 4.36. The van der Waals surface area contributed by atoms with Crippen LogP contribution in [-0.4, -0.2) is 21.6 Å². The van der Waals surface area contributed by atoms with Crippen LogP contribution in [0.1, 0.15) is 11.9 Å². The Bertz CT molecular complexity index is 738. The van der Waals surface area contributed by atoms with Gasteiger partial charge in [-0.2, -0.15) is 0 Å². The summed E-state index contributed by atoms with van der Waals surface area (Å²) in [4.78, 5) is 0. The lowest BCUT2D eigenvalue weighted by Crippen LogP contribution is -2.11. The van der Waals surface area contributed by atoms with Crippen LogP contribution in [0.15, 0.2) is 44.4 Å². The summed E-state index contributed by atoms with van der Waals surface area (Å²) in [5.74, 6) is 0. The van der Waals surface area contributed by atoms with Crippen molar-refractivity contribution in [2.45, 2.75) is 10.5 Å². The van der Waals surface area contributed by atoms with Gasteiger partial charge in [-0.25, -0.2) is 8.42 Å². The van der Waals surface area contributed by atoms with Crippen LogP contribution in [-0.2, 0) is 19.5 Å². The van der Waals surface area contributed by atoms with Crippen molar-refractivity contribution in [3.8, 4) is 0 Å². The molecule has 1 aliphatic rings. The summed E-state index contributed by atoms with van der Waals surface area (Å²) >= 11 is 4.42. The van der Waals surface area contributed by atoms with Crippen LogP contribution in [0.2, 0.25) is 0 Å². The second-order valence-corrected chi connectivity index (χ2v) is 8.74. The molecular weight excluding hydrogens is 378 g/mol. The van der Waals surface area contributed by atoms with Gasteiger partial charge in [-0.3, -0.25) is 4.72 Å². The highest BCUT2D eigenvalue weighted by molar-refractivity contribution is 9.11. The molecule has 0 atom stereocenters. The summed E-state index contributed by atoms with van der Waals surface area (Å²) in [5, 5.41) is 0. The van der Waals surface area contributed by atoms with E-state index in [9.17, 15) is 8.42 Å². The molecule has 8 heteroatoms. The fraction of sp³-hybridized carbons (Fsp3) is 0.231. The molecule has 2 heterocycles. The van der Waals surface area contributed by atoms with E-state index in [1.54, 1.807) is 30.3 Å². The maximum absolute atomic E-state index is 12.3. The molecule has 3 rings (SSSR count). The maximum Gasteiger partial charge on any atom is 0.271 e. The lowest BCUT2D eigenvalue weighted by Gasteiger charge is -2.12. The number of thiophene rings is 1. The lowest BCUT2D eigenvalue weighted by atomic mass is 10.2. The first-order chi connectivity index (χ1) is 10.0. The van der Waals surface area contributed by atoms with E-state index in [0.29, 0.717) is 18.9 Å². The van der Waals surface area contributed by atoms with E-state index in [1.807, 2.05) is 6.07 Å². The molecule has 1 aromatic carbocycles. The van der Waals surface area contributed by atoms with Crippen LogP contribution in [0.4, 0.5) is 5.69 Å². The minimum Gasteiger partial charge on any atom is -0.346 e. The van der Waals surface area contributed by atoms with Gasteiger partial charge < -0.3 is 9.47 Å². The number of hydrogen-bond donors (Lipinski definition) is 1. The highest BCUT2D eigenvalue weighted by Crippen LogP contribution is 2.29. The number of nitrogens with one attached hydrogen (secondary N) is 1. The Hall–Kier alpha value is -0.930. The number of benzene rings is 1. The van der Waals surface area contributed by atoms with Gasteiger partial charge in [0.25, 0.3) is 10.0 Å². The zero-order chi connectivity index (χ0) is 14.9. The minimum absolute atomic E-state index is 0.258. The Morgan fingerprint density at radius 3 is 2.62 bits per heavy atom. The lowest BCUT2D eigenvalue weighted by molar-refractivity contribution is -0.0440. The molecule has 1 fully saturated rings. The highest BCUT2D eigenvalue weighted by atomic mass is 79.9. The van der Waals surface area contributed by atoms with Gasteiger partial charge in [0.15, 0.2) is 6.29 Å². The average molecular weight is 390 g/mol. The van der Waals surface area contributed by atoms with Crippen molar-refractivity contribution in [1.82, 2.24) is 0 Å². The third-order valence-electron chi connectivity index (χ3n) is 2.85. The van der Waals surface area contributed by atoms with Crippen LogP contribution in [0.25, 0.3) is 0 Å². The topological polar surface area (TPSA) is 64.6 Å². The molecule has 0 aliphatic carbocycles. The highest BCUT2D eigenvalue weighted by Gasteiger charge is 2.20. The van der Waals surface area contributed by atoms with Crippen LogP contribution in [0, 0.1) is 0 Å². The Morgan fingerprint density at radius 1 is 1.19 bits per heavy atom. The summed E-state index contributed by atoms with van der Waals surface area (Å²) in [5.41, 5.74) is 1.27. The monoisotopic (exact) mass is 389 g/mol. The molecule has 1 saturated heterocycles. The van der Waals surface area contributed by atoms with E-state index in [2.05, 4.69) is 20.7 Å². The summed E-state index contributed by atoms with van der Waals surface area (Å²) in [6.45, 7) is 1.09. The van der Waals surface area contributed by atoms with Crippen LogP contribution < -0.4 is 4.72 Å². The van der Waals surface area contributed by atoms with Crippen molar-refractivity contribution in [3.05, 3.63) is 45.7 Å². The Labute approximate surface area is 135 Å². The fourth-order valence-electron chi connectivity index (χ4n) is 1.95. The fourth-order valence-corrected chi connectivity index (χ4v) is 5.01. The molecule has 0 unspecified atom stereocenters. The second kappa shape index (κ2) is 6.05. The average Bonchev–Trinajstić information content (AvgIpc) is 3.09. The molecular formula is C13H12BrNO4S2. The van der Waals surface area contributed by atoms with Gasteiger partial charge in [0.2, 0.25) is 0 Å². The predicted octanol–water partition coefficient (Wildman–Crippen LogP) is 3.36. The molecule has 0 amide bonds.